The maximum absolute atomic E-state index is 13.3. The molecule has 6 nitrogen and oxygen atoms in total. The second-order valence-electron chi connectivity index (χ2n) is 6.82. The monoisotopic (exact) mass is 378 g/mol. The van der Waals surface area contributed by atoms with Crippen LogP contribution in [0.2, 0.25) is 0 Å². The van der Waals surface area contributed by atoms with Crippen molar-refractivity contribution in [3.05, 3.63) is 66.6 Å². The van der Waals surface area contributed by atoms with Crippen molar-refractivity contribution in [2.75, 3.05) is 13.1 Å². The predicted molar refractivity (Wildman–Crippen MR) is 104 cm³/mol. The van der Waals surface area contributed by atoms with Crippen molar-refractivity contribution < 1.29 is 8.42 Å². The van der Waals surface area contributed by atoms with E-state index in [-0.39, 0.29) is 10.8 Å². The van der Waals surface area contributed by atoms with E-state index in [9.17, 15) is 8.42 Å². The molecule has 1 saturated heterocycles. The lowest BCUT2D eigenvalue weighted by atomic mass is 10.1. The molecule has 3 heterocycles. The maximum atomic E-state index is 13.3. The van der Waals surface area contributed by atoms with Crippen molar-refractivity contribution in [3.8, 4) is 0 Å². The molecule has 0 radical (unpaired) electrons. The van der Waals surface area contributed by atoms with Gasteiger partial charge >= 0.3 is 0 Å². The van der Waals surface area contributed by atoms with Gasteiger partial charge < -0.3 is 4.98 Å². The SMILES string of the molecule is O=S(=O)(c1cccc2cccnc12)N1CCC(c2nc3ccccc3[nH]2)C1. The Morgan fingerprint density at radius 3 is 2.78 bits per heavy atom. The highest BCUT2D eigenvalue weighted by atomic mass is 32.2. The molecular formula is C20H18N4O2S. The van der Waals surface area contributed by atoms with Gasteiger partial charge in [-0.05, 0) is 30.7 Å². The Bertz CT molecular complexity index is 1210. The Morgan fingerprint density at radius 2 is 1.89 bits per heavy atom. The summed E-state index contributed by atoms with van der Waals surface area (Å²) < 4.78 is 28.1. The fourth-order valence-electron chi connectivity index (χ4n) is 3.76. The molecule has 2 aromatic carbocycles. The van der Waals surface area contributed by atoms with Gasteiger partial charge in [0.2, 0.25) is 10.0 Å². The molecule has 0 spiro atoms. The topological polar surface area (TPSA) is 79.0 Å². The van der Waals surface area contributed by atoms with E-state index in [0.29, 0.717) is 18.6 Å². The number of H-pyrrole nitrogens is 1. The molecule has 0 bridgehead atoms. The lowest BCUT2D eigenvalue weighted by Crippen LogP contribution is -2.29. The largest absolute Gasteiger partial charge is 0.342 e. The Kier molecular flexibility index (Phi) is 3.73. The van der Waals surface area contributed by atoms with Crippen LogP contribution < -0.4 is 0 Å². The van der Waals surface area contributed by atoms with Gasteiger partial charge in [0.25, 0.3) is 0 Å². The minimum absolute atomic E-state index is 0.0649. The minimum Gasteiger partial charge on any atom is -0.342 e. The predicted octanol–water partition coefficient (Wildman–Crippen LogP) is 3.29. The number of imidazole rings is 1. The summed E-state index contributed by atoms with van der Waals surface area (Å²) in [5.74, 6) is 0.917. The van der Waals surface area contributed by atoms with Crippen molar-refractivity contribution >= 4 is 32.0 Å². The number of pyridine rings is 1. The number of nitrogens with one attached hydrogen (secondary N) is 1. The van der Waals surface area contributed by atoms with Gasteiger partial charge in [0, 0.05) is 30.6 Å². The fourth-order valence-corrected chi connectivity index (χ4v) is 5.42. The molecular weight excluding hydrogens is 360 g/mol. The van der Waals surface area contributed by atoms with E-state index >= 15 is 0 Å². The highest BCUT2D eigenvalue weighted by Gasteiger charge is 2.35. The van der Waals surface area contributed by atoms with Gasteiger partial charge in [-0.3, -0.25) is 4.98 Å². The van der Waals surface area contributed by atoms with Crippen LogP contribution >= 0.6 is 0 Å². The molecule has 1 aliphatic rings. The fraction of sp³-hybridized carbons (Fsp3) is 0.200. The molecule has 5 rings (SSSR count). The van der Waals surface area contributed by atoms with E-state index in [0.717, 1.165) is 28.7 Å². The van der Waals surface area contributed by atoms with Gasteiger partial charge in [0.05, 0.1) is 16.6 Å². The van der Waals surface area contributed by atoms with Gasteiger partial charge in [-0.15, -0.1) is 0 Å². The van der Waals surface area contributed by atoms with Gasteiger partial charge in [-0.25, -0.2) is 13.4 Å². The number of benzene rings is 2. The first-order valence-electron chi connectivity index (χ1n) is 8.91. The first-order valence-corrected chi connectivity index (χ1v) is 10.4. The standard InChI is InChI=1S/C20H18N4O2S/c25-27(26,18-9-3-5-14-6-4-11-21-19(14)18)24-12-10-15(13-24)20-22-16-7-1-2-8-17(16)23-20/h1-9,11,15H,10,12-13H2,(H,22,23). The van der Waals surface area contributed by atoms with E-state index in [1.165, 1.54) is 0 Å². The second-order valence-corrected chi connectivity index (χ2v) is 8.73. The molecule has 4 aromatic rings. The van der Waals surface area contributed by atoms with Crippen molar-refractivity contribution in [2.24, 2.45) is 0 Å². The maximum Gasteiger partial charge on any atom is 0.245 e. The molecule has 2 aromatic heterocycles. The number of hydrogen-bond donors (Lipinski definition) is 1. The normalized spacial score (nSPS) is 18.4. The summed E-state index contributed by atoms with van der Waals surface area (Å²) in [6.45, 7) is 0.901. The average molecular weight is 378 g/mol. The van der Waals surface area contributed by atoms with E-state index in [4.69, 9.17) is 0 Å². The van der Waals surface area contributed by atoms with Crippen LogP contribution in [0.3, 0.4) is 0 Å². The van der Waals surface area contributed by atoms with Gasteiger partial charge in [0.15, 0.2) is 0 Å². The number of aromatic amines is 1. The molecule has 0 amide bonds. The smallest absolute Gasteiger partial charge is 0.245 e. The minimum atomic E-state index is -3.61. The zero-order chi connectivity index (χ0) is 18.4. The van der Waals surface area contributed by atoms with E-state index < -0.39 is 10.0 Å². The van der Waals surface area contributed by atoms with Crippen LogP contribution in [0.5, 0.6) is 0 Å². The Morgan fingerprint density at radius 1 is 1.04 bits per heavy atom. The van der Waals surface area contributed by atoms with Crippen LogP contribution in [0, 0.1) is 0 Å². The summed E-state index contributed by atoms with van der Waals surface area (Å²) in [4.78, 5) is 12.5. The number of fused-ring (bicyclic) bond motifs is 2. The molecule has 7 heteroatoms. The second kappa shape index (κ2) is 6.14. The number of para-hydroxylation sites is 3. The van der Waals surface area contributed by atoms with Crippen LogP contribution in [0.15, 0.2) is 65.7 Å². The molecule has 1 N–H and O–H groups in total. The van der Waals surface area contributed by atoms with Crippen LogP contribution in [0.4, 0.5) is 0 Å². The molecule has 0 saturated carbocycles. The zero-order valence-corrected chi connectivity index (χ0v) is 15.4. The van der Waals surface area contributed by atoms with Crippen LogP contribution in [0.25, 0.3) is 21.9 Å². The molecule has 1 atom stereocenters. The number of hydrogen-bond acceptors (Lipinski definition) is 4. The average Bonchev–Trinajstić information content (AvgIpc) is 3.34. The highest BCUT2D eigenvalue weighted by Crippen LogP contribution is 2.32. The summed E-state index contributed by atoms with van der Waals surface area (Å²) in [6.07, 6.45) is 2.37. The molecule has 1 fully saturated rings. The third kappa shape index (κ3) is 2.70. The molecule has 1 unspecified atom stereocenters. The summed E-state index contributed by atoms with van der Waals surface area (Å²) in [7, 11) is -3.61. The number of nitrogens with zero attached hydrogens (tertiary/aromatic N) is 3. The highest BCUT2D eigenvalue weighted by molar-refractivity contribution is 7.89. The van der Waals surface area contributed by atoms with E-state index in [1.807, 2.05) is 42.5 Å². The van der Waals surface area contributed by atoms with Gasteiger partial charge in [-0.1, -0.05) is 30.3 Å². The van der Waals surface area contributed by atoms with Crippen molar-refractivity contribution in [1.82, 2.24) is 19.3 Å². The van der Waals surface area contributed by atoms with Crippen molar-refractivity contribution in [2.45, 2.75) is 17.2 Å². The summed E-state index contributed by atoms with van der Waals surface area (Å²) in [6, 6.07) is 16.8. The Balaban J connectivity index is 1.48. The quantitative estimate of drug-likeness (QED) is 0.593. The Labute approximate surface area is 156 Å². The lowest BCUT2D eigenvalue weighted by Gasteiger charge is -2.17. The Hall–Kier alpha value is -2.77. The number of sulfonamides is 1. The van der Waals surface area contributed by atoms with Crippen molar-refractivity contribution in [1.29, 1.82) is 0 Å². The summed E-state index contributed by atoms with van der Waals surface area (Å²) >= 11 is 0. The van der Waals surface area contributed by atoms with Crippen LogP contribution in [-0.2, 0) is 10.0 Å². The molecule has 27 heavy (non-hydrogen) atoms. The first kappa shape index (κ1) is 16.4. The van der Waals surface area contributed by atoms with Crippen LogP contribution in [-0.4, -0.2) is 40.8 Å². The molecule has 0 aliphatic carbocycles. The summed E-state index contributed by atoms with van der Waals surface area (Å²) in [5.41, 5.74) is 2.41. The van der Waals surface area contributed by atoms with Gasteiger partial charge in [-0.2, -0.15) is 4.31 Å². The summed E-state index contributed by atoms with van der Waals surface area (Å²) in [5, 5.41) is 0.826. The van der Waals surface area contributed by atoms with Gasteiger partial charge in [0.1, 0.15) is 10.7 Å². The van der Waals surface area contributed by atoms with Crippen LogP contribution in [0.1, 0.15) is 18.2 Å². The van der Waals surface area contributed by atoms with E-state index in [2.05, 4.69) is 15.0 Å². The number of rotatable bonds is 3. The van der Waals surface area contributed by atoms with Crippen molar-refractivity contribution in [3.63, 3.8) is 0 Å². The third-order valence-corrected chi connectivity index (χ3v) is 7.06. The third-order valence-electron chi connectivity index (χ3n) is 5.16. The van der Waals surface area contributed by atoms with E-state index in [1.54, 1.807) is 22.6 Å². The number of aromatic nitrogens is 3. The first-order chi connectivity index (χ1) is 13.1. The molecule has 136 valence electrons. The zero-order valence-electron chi connectivity index (χ0n) is 14.5. The molecule has 1 aliphatic heterocycles. The lowest BCUT2D eigenvalue weighted by molar-refractivity contribution is 0.472.